The fraction of sp³-hybridized carbons (Fsp3) is 0.0909. The Kier molecular flexibility index (Phi) is 3.90. The van der Waals surface area contributed by atoms with Crippen LogP contribution in [0.5, 0.6) is 0 Å². The Morgan fingerprint density at radius 1 is 1.35 bits per heavy atom. The molecule has 2 N–H and O–H groups in total. The Morgan fingerprint density at radius 2 is 2.05 bits per heavy atom. The average molecular weight is 331 g/mol. The van der Waals surface area contributed by atoms with Gasteiger partial charge in [0.05, 0.1) is 11.2 Å². The van der Waals surface area contributed by atoms with Gasteiger partial charge in [0.25, 0.3) is 10.0 Å². The predicted octanol–water partition coefficient (Wildman–Crippen LogP) is 2.70. The normalized spacial score (nSPS) is 11.1. The van der Waals surface area contributed by atoms with E-state index in [-0.39, 0.29) is 21.3 Å². The number of aromatic nitrogens is 2. The first-order chi connectivity index (χ1) is 9.35. The van der Waals surface area contributed by atoms with Gasteiger partial charge in [-0.1, -0.05) is 23.2 Å². The third kappa shape index (κ3) is 2.72. The topological polar surface area (TPSA) is 98.6 Å². The molecule has 0 saturated heterocycles. The molecule has 9 heteroatoms. The first kappa shape index (κ1) is 14.7. The van der Waals surface area contributed by atoms with Crippen LogP contribution in [0.4, 0.5) is 5.82 Å². The van der Waals surface area contributed by atoms with Gasteiger partial charge in [-0.25, -0.2) is 8.42 Å². The predicted molar refractivity (Wildman–Crippen MR) is 75.3 cm³/mol. The monoisotopic (exact) mass is 330 g/mol. The van der Waals surface area contributed by atoms with Crippen molar-refractivity contribution in [2.75, 3.05) is 4.72 Å². The van der Waals surface area contributed by atoms with Gasteiger partial charge >= 0.3 is 0 Å². The quantitative estimate of drug-likeness (QED) is 0.903. The zero-order chi connectivity index (χ0) is 14.9. The summed E-state index contributed by atoms with van der Waals surface area (Å²) >= 11 is 11.8. The molecular weight excluding hydrogens is 323 g/mol. The molecule has 1 heterocycles. The molecule has 0 amide bonds. The van der Waals surface area contributed by atoms with Gasteiger partial charge in [-0.2, -0.15) is 10.4 Å². The molecule has 1 aromatic carbocycles. The van der Waals surface area contributed by atoms with E-state index in [9.17, 15) is 8.42 Å². The van der Waals surface area contributed by atoms with Gasteiger partial charge < -0.3 is 0 Å². The zero-order valence-corrected chi connectivity index (χ0v) is 12.4. The van der Waals surface area contributed by atoms with Crippen molar-refractivity contribution < 1.29 is 8.42 Å². The van der Waals surface area contributed by atoms with Gasteiger partial charge in [0.2, 0.25) is 0 Å². The van der Waals surface area contributed by atoms with E-state index < -0.39 is 10.0 Å². The van der Waals surface area contributed by atoms with E-state index in [4.69, 9.17) is 28.5 Å². The number of sulfonamides is 1. The Balaban J connectivity index is 2.47. The van der Waals surface area contributed by atoms with E-state index in [2.05, 4.69) is 14.9 Å². The molecule has 0 aliphatic heterocycles. The van der Waals surface area contributed by atoms with Crippen LogP contribution in [0.2, 0.25) is 10.0 Å². The fourth-order valence-corrected chi connectivity index (χ4v) is 3.34. The molecule has 6 nitrogen and oxygen atoms in total. The summed E-state index contributed by atoms with van der Waals surface area (Å²) in [7, 11) is -3.95. The second-order valence-corrected chi connectivity index (χ2v) is 6.37. The van der Waals surface area contributed by atoms with Gasteiger partial charge in [0.15, 0.2) is 5.82 Å². The number of nitrogens with one attached hydrogen (secondary N) is 2. The maximum absolute atomic E-state index is 12.3. The molecule has 2 aromatic rings. The van der Waals surface area contributed by atoms with Gasteiger partial charge in [0, 0.05) is 5.02 Å². The number of aryl methyl sites for hydroxylation is 1. The third-order valence-electron chi connectivity index (χ3n) is 2.50. The van der Waals surface area contributed by atoms with E-state index in [1.54, 1.807) is 6.92 Å². The summed E-state index contributed by atoms with van der Waals surface area (Å²) in [5, 5.41) is 15.2. The molecule has 0 unspecified atom stereocenters. The number of halogens is 2. The summed E-state index contributed by atoms with van der Waals surface area (Å²) in [6, 6.07) is 4.52. The average Bonchev–Trinajstić information content (AvgIpc) is 2.80. The van der Waals surface area contributed by atoms with Crippen LogP contribution in [0.1, 0.15) is 11.1 Å². The summed E-state index contributed by atoms with van der Waals surface area (Å²) in [6.07, 6.45) is 1.21. The molecule has 2 rings (SSSR count). The number of hydrogen-bond donors (Lipinski definition) is 2. The molecular formula is C11H8Cl2N4O2S. The van der Waals surface area contributed by atoms with E-state index in [1.807, 2.05) is 6.07 Å². The van der Waals surface area contributed by atoms with Gasteiger partial charge in [0.1, 0.15) is 16.5 Å². The lowest BCUT2D eigenvalue weighted by Gasteiger charge is -2.10. The highest BCUT2D eigenvalue weighted by Gasteiger charge is 2.21. The minimum Gasteiger partial charge on any atom is -0.263 e. The van der Waals surface area contributed by atoms with Crippen LogP contribution in [-0.4, -0.2) is 18.6 Å². The molecule has 0 aliphatic rings. The second-order valence-electron chi connectivity index (χ2n) is 3.91. The van der Waals surface area contributed by atoms with Crippen LogP contribution in [-0.2, 0) is 10.0 Å². The van der Waals surface area contributed by atoms with Crippen molar-refractivity contribution in [2.24, 2.45) is 0 Å². The van der Waals surface area contributed by atoms with Crippen molar-refractivity contribution in [1.29, 1.82) is 5.26 Å². The van der Waals surface area contributed by atoms with Crippen molar-refractivity contribution in [2.45, 2.75) is 11.8 Å². The van der Waals surface area contributed by atoms with Crippen molar-refractivity contribution in [3.63, 3.8) is 0 Å². The number of anilines is 1. The summed E-state index contributed by atoms with van der Waals surface area (Å²) < 4.78 is 26.7. The Bertz CT molecular complexity index is 808. The molecule has 0 aliphatic carbocycles. The van der Waals surface area contributed by atoms with Crippen LogP contribution in [0.3, 0.4) is 0 Å². The molecule has 0 fully saturated rings. The van der Waals surface area contributed by atoms with Crippen molar-refractivity contribution in [3.05, 3.63) is 39.5 Å². The summed E-state index contributed by atoms with van der Waals surface area (Å²) in [6.45, 7) is 1.66. The zero-order valence-electron chi connectivity index (χ0n) is 10.1. The smallest absolute Gasteiger partial charge is 0.263 e. The van der Waals surface area contributed by atoms with E-state index in [1.165, 1.54) is 18.3 Å². The van der Waals surface area contributed by atoms with Crippen molar-refractivity contribution in [1.82, 2.24) is 10.2 Å². The Labute approximate surface area is 125 Å². The van der Waals surface area contributed by atoms with Crippen LogP contribution < -0.4 is 4.72 Å². The first-order valence-corrected chi connectivity index (χ1v) is 7.51. The molecule has 0 bridgehead atoms. The SMILES string of the molecule is Cc1cc(S(=O)(=O)Nc2[nH]ncc2C#N)c(Cl)cc1Cl. The number of nitrogens with zero attached hydrogens (tertiary/aromatic N) is 2. The van der Waals surface area contributed by atoms with Crippen molar-refractivity contribution >= 4 is 39.0 Å². The third-order valence-corrected chi connectivity index (χ3v) is 4.72. The maximum Gasteiger partial charge on any atom is 0.264 e. The van der Waals surface area contributed by atoms with E-state index in [0.717, 1.165) is 0 Å². The number of aromatic amines is 1. The van der Waals surface area contributed by atoms with Gasteiger partial charge in [-0.05, 0) is 24.6 Å². The van der Waals surface area contributed by atoms with Crippen LogP contribution >= 0.6 is 23.2 Å². The number of H-pyrrole nitrogens is 1. The molecule has 0 radical (unpaired) electrons. The summed E-state index contributed by atoms with van der Waals surface area (Å²) in [4.78, 5) is -0.125. The standard InChI is InChI=1S/C11H8Cl2N4O2S/c1-6-2-10(9(13)3-8(6)12)20(18,19)17-11-7(4-14)5-15-16-11/h2-3,5H,1H3,(H2,15,16,17). The van der Waals surface area contributed by atoms with Gasteiger partial charge in [-0.3, -0.25) is 9.82 Å². The van der Waals surface area contributed by atoms with Crippen LogP contribution in [0, 0.1) is 18.3 Å². The molecule has 20 heavy (non-hydrogen) atoms. The molecule has 0 spiro atoms. The summed E-state index contributed by atoms with van der Waals surface area (Å²) in [5.41, 5.74) is 0.650. The highest BCUT2D eigenvalue weighted by Crippen LogP contribution is 2.29. The van der Waals surface area contributed by atoms with E-state index in [0.29, 0.717) is 10.6 Å². The number of rotatable bonds is 3. The lowest BCUT2D eigenvalue weighted by molar-refractivity contribution is 0.601. The lowest BCUT2D eigenvalue weighted by atomic mass is 10.2. The fourth-order valence-electron chi connectivity index (χ4n) is 1.47. The van der Waals surface area contributed by atoms with Crippen molar-refractivity contribution in [3.8, 4) is 6.07 Å². The highest BCUT2D eigenvalue weighted by molar-refractivity contribution is 7.92. The molecule has 1 aromatic heterocycles. The highest BCUT2D eigenvalue weighted by atomic mass is 35.5. The lowest BCUT2D eigenvalue weighted by Crippen LogP contribution is -2.14. The first-order valence-electron chi connectivity index (χ1n) is 5.27. The minimum absolute atomic E-state index is 0.00822. The number of hydrogen-bond acceptors (Lipinski definition) is 4. The van der Waals surface area contributed by atoms with Crippen LogP contribution in [0.25, 0.3) is 0 Å². The Morgan fingerprint density at radius 3 is 2.70 bits per heavy atom. The maximum atomic E-state index is 12.3. The van der Waals surface area contributed by atoms with Crippen LogP contribution in [0.15, 0.2) is 23.2 Å². The molecule has 0 atom stereocenters. The second kappa shape index (κ2) is 5.32. The summed E-state index contributed by atoms with van der Waals surface area (Å²) in [5.74, 6) is -0.0174. The van der Waals surface area contributed by atoms with Gasteiger partial charge in [-0.15, -0.1) is 0 Å². The Hall–Kier alpha value is -1.75. The molecule has 0 saturated carbocycles. The molecule has 104 valence electrons. The number of nitriles is 1. The number of benzene rings is 1. The van der Waals surface area contributed by atoms with E-state index >= 15 is 0 Å². The minimum atomic E-state index is -3.95. The largest absolute Gasteiger partial charge is 0.264 e.